The molecule has 0 heterocycles. The molecule has 19 heavy (non-hydrogen) atoms. The van der Waals surface area contributed by atoms with Crippen molar-refractivity contribution in [1.29, 1.82) is 0 Å². The Bertz CT molecular complexity index is 477. The van der Waals surface area contributed by atoms with E-state index < -0.39 is 0 Å². The molecule has 3 nitrogen and oxygen atoms in total. The second-order valence-corrected chi connectivity index (χ2v) is 5.64. The lowest BCUT2D eigenvalue weighted by atomic mass is 10.0. The molecule has 1 aromatic rings. The Balaban J connectivity index is 2.22. The fraction of sp³-hybridized carbons (Fsp3) is 0.562. The smallest absolute Gasteiger partial charge is 0.166 e. The molecule has 0 aromatic heterocycles. The van der Waals surface area contributed by atoms with E-state index in [9.17, 15) is 4.79 Å². The number of ether oxygens (including phenoxy) is 2. The highest BCUT2D eigenvalue weighted by atomic mass is 16.5. The summed E-state index contributed by atoms with van der Waals surface area (Å²) in [6, 6.07) is 5.48. The Labute approximate surface area is 114 Å². The van der Waals surface area contributed by atoms with Crippen LogP contribution in [0.1, 0.15) is 44.5 Å². The van der Waals surface area contributed by atoms with E-state index in [1.807, 2.05) is 32.0 Å². The van der Waals surface area contributed by atoms with Gasteiger partial charge >= 0.3 is 0 Å². The third kappa shape index (κ3) is 2.91. The van der Waals surface area contributed by atoms with Crippen molar-refractivity contribution >= 4 is 5.78 Å². The molecular formula is C16H22O3. The first-order chi connectivity index (χ1) is 8.99. The Morgan fingerprint density at radius 2 is 1.79 bits per heavy atom. The first-order valence-corrected chi connectivity index (χ1v) is 6.93. The number of benzene rings is 1. The number of Topliss-reactive ketones (excluding diaryl/α,β-unsaturated/α-hetero) is 1. The molecule has 1 fully saturated rings. The summed E-state index contributed by atoms with van der Waals surface area (Å²) in [4.78, 5) is 12.4. The minimum absolute atomic E-state index is 0.153. The summed E-state index contributed by atoms with van der Waals surface area (Å²) >= 11 is 0. The van der Waals surface area contributed by atoms with Gasteiger partial charge < -0.3 is 9.47 Å². The van der Waals surface area contributed by atoms with Gasteiger partial charge in [-0.3, -0.25) is 4.79 Å². The molecule has 0 N–H and O–H groups in total. The lowest BCUT2D eigenvalue weighted by Gasteiger charge is -2.12. The van der Waals surface area contributed by atoms with Crippen molar-refractivity contribution in [2.45, 2.75) is 34.1 Å². The molecule has 0 aliphatic heterocycles. The quantitative estimate of drug-likeness (QED) is 0.733. The number of hydrogen-bond acceptors (Lipinski definition) is 3. The maximum atomic E-state index is 12.4. The normalized spacial score (nSPS) is 19.9. The third-order valence-corrected chi connectivity index (χ3v) is 3.66. The van der Waals surface area contributed by atoms with E-state index in [0.717, 1.165) is 12.0 Å². The van der Waals surface area contributed by atoms with E-state index in [-0.39, 0.29) is 17.1 Å². The standard InChI is InChI=1S/C16H22O3/c1-5-18-13-8-7-11(9-14(13)19-6-2)15(17)12-10-16(12,3)4/h7-9,12H,5-6,10H2,1-4H3. The second-order valence-electron chi connectivity index (χ2n) is 5.64. The van der Waals surface area contributed by atoms with E-state index in [1.54, 1.807) is 0 Å². The van der Waals surface area contributed by atoms with Crippen LogP contribution in [0.2, 0.25) is 0 Å². The fourth-order valence-corrected chi connectivity index (χ4v) is 2.32. The van der Waals surface area contributed by atoms with Gasteiger partial charge in [0.25, 0.3) is 0 Å². The molecule has 0 saturated heterocycles. The number of rotatable bonds is 6. The van der Waals surface area contributed by atoms with Crippen LogP contribution in [-0.4, -0.2) is 19.0 Å². The Kier molecular flexibility index (Phi) is 3.83. The Hall–Kier alpha value is -1.51. The molecule has 1 aliphatic rings. The van der Waals surface area contributed by atoms with Gasteiger partial charge in [-0.2, -0.15) is 0 Å². The van der Waals surface area contributed by atoms with Crippen LogP contribution in [0.5, 0.6) is 11.5 Å². The summed E-state index contributed by atoms with van der Waals surface area (Å²) in [6.07, 6.45) is 0.975. The lowest BCUT2D eigenvalue weighted by Crippen LogP contribution is -2.07. The van der Waals surface area contributed by atoms with Crippen LogP contribution in [0.4, 0.5) is 0 Å². The highest BCUT2D eigenvalue weighted by Crippen LogP contribution is 2.53. The van der Waals surface area contributed by atoms with Crippen LogP contribution < -0.4 is 9.47 Å². The van der Waals surface area contributed by atoms with Gasteiger partial charge in [0.2, 0.25) is 0 Å². The predicted molar refractivity (Wildman–Crippen MR) is 75.0 cm³/mol. The van der Waals surface area contributed by atoms with Crippen molar-refractivity contribution in [2.75, 3.05) is 13.2 Å². The molecule has 1 atom stereocenters. The Morgan fingerprint density at radius 1 is 1.21 bits per heavy atom. The second kappa shape index (κ2) is 5.24. The van der Waals surface area contributed by atoms with Gasteiger partial charge in [0, 0.05) is 11.5 Å². The molecule has 104 valence electrons. The number of hydrogen-bond donors (Lipinski definition) is 0. The number of ketones is 1. The van der Waals surface area contributed by atoms with Gasteiger partial charge in [0.05, 0.1) is 13.2 Å². The van der Waals surface area contributed by atoms with Gasteiger partial charge in [-0.05, 0) is 43.9 Å². The zero-order chi connectivity index (χ0) is 14.0. The summed E-state index contributed by atoms with van der Waals surface area (Å²) < 4.78 is 11.1. The van der Waals surface area contributed by atoms with Crippen molar-refractivity contribution in [2.24, 2.45) is 11.3 Å². The zero-order valence-corrected chi connectivity index (χ0v) is 12.2. The summed E-state index contributed by atoms with van der Waals surface area (Å²) in [7, 11) is 0. The SMILES string of the molecule is CCOc1ccc(C(=O)C2CC2(C)C)cc1OCC. The average Bonchev–Trinajstić information content (AvgIpc) is 3.00. The van der Waals surface area contributed by atoms with Crippen LogP contribution >= 0.6 is 0 Å². The highest BCUT2D eigenvalue weighted by molar-refractivity contribution is 6.00. The largest absolute Gasteiger partial charge is 0.490 e. The zero-order valence-electron chi connectivity index (χ0n) is 12.2. The fourth-order valence-electron chi connectivity index (χ4n) is 2.32. The van der Waals surface area contributed by atoms with Crippen LogP contribution in [-0.2, 0) is 0 Å². The molecule has 1 aliphatic carbocycles. The predicted octanol–water partition coefficient (Wildman–Crippen LogP) is 3.71. The molecular weight excluding hydrogens is 240 g/mol. The molecule has 1 saturated carbocycles. The molecule has 1 aromatic carbocycles. The molecule has 3 heteroatoms. The van der Waals surface area contributed by atoms with E-state index in [1.165, 1.54) is 0 Å². The van der Waals surface area contributed by atoms with Crippen molar-refractivity contribution in [3.63, 3.8) is 0 Å². The monoisotopic (exact) mass is 262 g/mol. The van der Waals surface area contributed by atoms with Crippen LogP contribution in [0, 0.1) is 11.3 Å². The van der Waals surface area contributed by atoms with Crippen molar-refractivity contribution in [1.82, 2.24) is 0 Å². The third-order valence-electron chi connectivity index (χ3n) is 3.66. The molecule has 0 amide bonds. The van der Waals surface area contributed by atoms with E-state index in [4.69, 9.17) is 9.47 Å². The van der Waals surface area contributed by atoms with Gasteiger partial charge in [0.15, 0.2) is 17.3 Å². The van der Waals surface area contributed by atoms with Gasteiger partial charge in [0.1, 0.15) is 0 Å². The summed E-state index contributed by atoms with van der Waals surface area (Å²) in [6.45, 7) is 9.27. The van der Waals surface area contributed by atoms with Crippen molar-refractivity contribution in [3.05, 3.63) is 23.8 Å². The molecule has 0 spiro atoms. The van der Waals surface area contributed by atoms with Crippen LogP contribution in [0.3, 0.4) is 0 Å². The summed E-state index contributed by atoms with van der Waals surface area (Å²) in [5.41, 5.74) is 0.879. The molecule has 0 radical (unpaired) electrons. The van der Waals surface area contributed by atoms with Crippen LogP contribution in [0.25, 0.3) is 0 Å². The Morgan fingerprint density at radius 3 is 2.32 bits per heavy atom. The van der Waals surface area contributed by atoms with Crippen molar-refractivity contribution < 1.29 is 14.3 Å². The first-order valence-electron chi connectivity index (χ1n) is 6.93. The average molecular weight is 262 g/mol. The topological polar surface area (TPSA) is 35.5 Å². The molecule has 1 unspecified atom stereocenters. The van der Waals surface area contributed by atoms with Gasteiger partial charge in [-0.1, -0.05) is 13.8 Å². The number of carbonyl (C=O) groups excluding carboxylic acids is 1. The summed E-state index contributed by atoms with van der Waals surface area (Å²) in [5.74, 6) is 1.73. The van der Waals surface area contributed by atoms with E-state index in [0.29, 0.717) is 24.7 Å². The van der Waals surface area contributed by atoms with Gasteiger partial charge in [-0.25, -0.2) is 0 Å². The minimum atomic E-state index is 0.153. The maximum absolute atomic E-state index is 12.4. The maximum Gasteiger partial charge on any atom is 0.166 e. The first kappa shape index (κ1) is 13.9. The van der Waals surface area contributed by atoms with Crippen LogP contribution in [0.15, 0.2) is 18.2 Å². The minimum Gasteiger partial charge on any atom is -0.490 e. The number of carbonyl (C=O) groups is 1. The molecule has 2 rings (SSSR count). The van der Waals surface area contributed by atoms with Gasteiger partial charge in [-0.15, -0.1) is 0 Å². The lowest BCUT2D eigenvalue weighted by molar-refractivity contribution is 0.0952. The van der Waals surface area contributed by atoms with E-state index in [2.05, 4.69) is 13.8 Å². The highest BCUT2D eigenvalue weighted by Gasteiger charge is 2.50. The molecule has 0 bridgehead atoms. The van der Waals surface area contributed by atoms with E-state index >= 15 is 0 Å². The summed E-state index contributed by atoms with van der Waals surface area (Å²) in [5, 5.41) is 0. The van der Waals surface area contributed by atoms with Crippen molar-refractivity contribution in [3.8, 4) is 11.5 Å².